The van der Waals surface area contributed by atoms with E-state index in [0.717, 1.165) is 113 Å². The van der Waals surface area contributed by atoms with Gasteiger partial charge in [-0.15, -0.1) is 0 Å². The Morgan fingerprint density at radius 2 is 1.40 bits per heavy atom. The molecule has 11 nitrogen and oxygen atoms in total. The average molecular weight is 625 g/mol. The van der Waals surface area contributed by atoms with Gasteiger partial charge in [-0.2, -0.15) is 9.97 Å². The predicted molar refractivity (Wildman–Crippen MR) is 177 cm³/mol. The molecule has 0 aliphatic carbocycles. The number of aromatic nitrogens is 2. The number of carbonyl (C=O) groups is 1. The van der Waals surface area contributed by atoms with Gasteiger partial charge in [-0.1, -0.05) is 18.9 Å². The number of esters is 1. The molecule has 0 atom stereocenters. The molecule has 0 spiro atoms. The molecule has 0 saturated carbocycles. The standard InChI is InChI=1S/C34H52N6O5/c1-4-44-31(41)13-7-5-6-12-24-45-32-27(14-15-28(42-2)33(32)43-3)26-37-20-22-39(23-21-37)30-25-29(38-16-8-9-17-38)35-34(36-30)40-18-10-11-19-40/h14-15,25H,4-13,16-24,26H2,1-3H3. The Morgan fingerprint density at radius 1 is 0.756 bits per heavy atom. The zero-order valence-electron chi connectivity index (χ0n) is 27.6. The molecule has 11 heteroatoms. The normalized spacial score (nSPS) is 17.2. The maximum Gasteiger partial charge on any atom is 0.305 e. The van der Waals surface area contributed by atoms with E-state index in [0.29, 0.717) is 31.1 Å². The van der Waals surface area contributed by atoms with Gasteiger partial charge in [0.2, 0.25) is 11.7 Å². The average Bonchev–Trinajstić information content (AvgIpc) is 3.81. The summed E-state index contributed by atoms with van der Waals surface area (Å²) in [6, 6.07) is 6.27. The summed E-state index contributed by atoms with van der Waals surface area (Å²) in [6.07, 6.45) is 9.07. The molecule has 0 amide bonds. The van der Waals surface area contributed by atoms with Crippen molar-refractivity contribution in [3.8, 4) is 17.2 Å². The molecule has 0 N–H and O–H groups in total. The molecule has 4 heterocycles. The number of nitrogens with zero attached hydrogens (tertiary/aromatic N) is 6. The van der Waals surface area contributed by atoms with Gasteiger partial charge in [0.25, 0.3) is 0 Å². The lowest BCUT2D eigenvalue weighted by Crippen LogP contribution is -2.46. The predicted octanol–water partition coefficient (Wildman–Crippen LogP) is 4.91. The van der Waals surface area contributed by atoms with Crippen LogP contribution in [0.4, 0.5) is 17.6 Å². The number of unbranched alkanes of at least 4 members (excludes halogenated alkanes) is 3. The SMILES string of the molecule is CCOC(=O)CCCCCCOc1c(CN2CCN(c3cc(N4CCCC4)nc(N4CCCC4)n3)CC2)ccc(OC)c1OC. The largest absolute Gasteiger partial charge is 0.493 e. The molecular weight excluding hydrogens is 572 g/mol. The molecule has 3 aliphatic heterocycles. The quantitative estimate of drug-likeness (QED) is 0.188. The molecule has 0 bridgehead atoms. The van der Waals surface area contributed by atoms with Crippen molar-refractivity contribution in [3.05, 3.63) is 23.8 Å². The summed E-state index contributed by atoms with van der Waals surface area (Å²) in [6.45, 7) is 11.5. The first-order valence-corrected chi connectivity index (χ1v) is 17.0. The zero-order chi connectivity index (χ0) is 31.4. The lowest BCUT2D eigenvalue weighted by Gasteiger charge is -2.36. The van der Waals surface area contributed by atoms with Gasteiger partial charge in [-0.3, -0.25) is 9.69 Å². The maximum absolute atomic E-state index is 11.6. The third-order valence-corrected chi connectivity index (χ3v) is 9.01. The number of benzene rings is 1. The Morgan fingerprint density at radius 3 is 2.04 bits per heavy atom. The fourth-order valence-electron chi connectivity index (χ4n) is 6.47. The van der Waals surface area contributed by atoms with Crippen LogP contribution >= 0.6 is 0 Å². The molecule has 0 radical (unpaired) electrons. The minimum Gasteiger partial charge on any atom is -0.493 e. The molecule has 5 rings (SSSR count). The molecular formula is C34H52N6O5. The van der Waals surface area contributed by atoms with Crippen molar-refractivity contribution < 1.29 is 23.7 Å². The number of methoxy groups -OCH3 is 2. The zero-order valence-corrected chi connectivity index (χ0v) is 27.6. The second-order valence-corrected chi connectivity index (χ2v) is 12.1. The second-order valence-electron chi connectivity index (χ2n) is 12.1. The Labute approximate surface area is 268 Å². The molecule has 248 valence electrons. The van der Waals surface area contributed by atoms with Crippen molar-refractivity contribution in [2.45, 2.75) is 71.3 Å². The Bertz CT molecular complexity index is 1190. The molecule has 0 unspecified atom stereocenters. The van der Waals surface area contributed by atoms with E-state index < -0.39 is 0 Å². The summed E-state index contributed by atoms with van der Waals surface area (Å²) < 4.78 is 22.7. The topological polar surface area (TPSA) is 92.7 Å². The van der Waals surface area contributed by atoms with Gasteiger partial charge in [0.15, 0.2) is 11.5 Å². The van der Waals surface area contributed by atoms with Crippen LogP contribution in [0.5, 0.6) is 17.2 Å². The highest BCUT2D eigenvalue weighted by atomic mass is 16.5. The smallest absolute Gasteiger partial charge is 0.305 e. The molecule has 3 aliphatic rings. The number of carbonyl (C=O) groups excluding carboxylic acids is 1. The highest BCUT2D eigenvalue weighted by molar-refractivity contribution is 5.69. The summed E-state index contributed by atoms with van der Waals surface area (Å²) in [5.74, 6) is 4.96. The summed E-state index contributed by atoms with van der Waals surface area (Å²) in [5, 5.41) is 0. The second kappa shape index (κ2) is 16.7. The van der Waals surface area contributed by atoms with E-state index in [1.54, 1.807) is 14.2 Å². The first kappa shape index (κ1) is 32.9. The van der Waals surface area contributed by atoms with Crippen LogP contribution in [0.1, 0.15) is 70.3 Å². The molecule has 3 saturated heterocycles. The number of piperazine rings is 1. The van der Waals surface area contributed by atoms with E-state index in [4.69, 9.17) is 28.9 Å². The van der Waals surface area contributed by atoms with Crippen molar-refractivity contribution in [2.24, 2.45) is 0 Å². The van der Waals surface area contributed by atoms with Crippen molar-refractivity contribution in [3.63, 3.8) is 0 Å². The van der Waals surface area contributed by atoms with Gasteiger partial charge in [0.1, 0.15) is 11.6 Å². The minimum atomic E-state index is -0.115. The lowest BCUT2D eigenvalue weighted by atomic mass is 10.1. The van der Waals surface area contributed by atoms with Crippen molar-refractivity contribution >= 4 is 23.6 Å². The Kier molecular flexibility index (Phi) is 12.2. The molecule has 3 fully saturated rings. The first-order valence-electron chi connectivity index (χ1n) is 17.0. The van der Waals surface area contributed by atoms with E-state index >= 15 is 0 Å². The van der Waals surface area contributed by atoms with E-state index in [1.165, 1.54) is 25.7 Å². The summed E-state index contributed by atoms with van der Waals surface area (Å²) in [7, 11) is 3.32. The van der Waals surface area contributed by atoms with E-state index in [2.05, 4.69) is 31.7 Å². The van der Waals surface area contributed by atoms with Crippen LogP contribution < -0.4 is 28.9 Å². The third kappa shape index (κ3) is 8.83. The first-order chi connectivity index (χ1) is 22.1. The molecule has 1 aromatic heterocycles. The van der Waals surface area contributed by atoms with Crippen LogP contribution in [0.2, 0.25) is 0 Å². The van der Waals surface area contributed by atoms with Gasteiger partial charge in [0, 0.05) is 77.0 Å². The van der Waals surface area contributed by atoms with Crippen LogP contribution in [0.25, 0.3) is 0 Å². The highest BCUT2D eigenvalue weighted by Crippen LogP contribution is 2.41. The Hall–Kier alpha value is -3.47. The van der Waals surface area contributed by atoms with Gasteiger partial charge in [0.05, 0.1) is 27.4 Å². The Balaban J connectivity index is 1.19. The van der Waals surface area contributed by atoms with Crippen LogP contribution in [-0.4, -0.2) is 101 Å². The monoisotopic (exact) mass is 624 g/mol. The third-order valence-electron chi connectivity index (χ3n) is 9.01. The number of hydrogen-bond acceptors (Lipinski definition) is 11. The summed E-state index contributed by atoms with van der Waals surface area (Å²) >= 11 is 0. The number of rotatable bonds is 16. The van der Waals surface area contributed by atoms with Crippen molar-refractivity contribution in [2.75, 3.05) is 94.5 Å². The van der Waals surface area contributed by atoms with E-state index in [1.807, 2.05) is 13.0 Å². The maximum atomic E-state index is 11.6. The molecule has 45 heavy (non-hydrogen) atoms. The summed E-state index contributed by atoms with van der Waals surface area (Å²) in [4.78, 5) is 31.3. The fraction of sp³-hybridized carbons (Fsp3) is 0.676. The van der Waals surface area contributed by atoms with Crippen molar-refractivity contribution in [1.82, 2.24) is 14.9 Å². The molecule has 2 aromatic rings. The van der Waals surface area contributed by atoms with Crippen LogP contribution in [0.15, 0.2) is 18.2 Å². The van der Waals surface area contributed by atoms with Crippen molar-refractivity contribution in [1.29, 1.82) is 0 Å². The van der Waals surface area contributed by atoms with Gasteiger partial charge in [-0.25, -0.2) is 0 Å². The summed E-state index contributed by atoms with van der Waals surface area (Å²) in [5.41, 5.74) is 1.10. The molecule has 1 aromatic carbocycles. The van der Waals surface area contributed by atoms with Crippen LogP contribution in [0.3, 0.4) is 0 Å². The number of anilines is 3. The van der Waals surface area contributed by atoms with Gasteiger partial charge in [-0.05, 0) is 51.5 Å². The van der Waals surface area contributed by atoms with Gasteiger partial charge >= 0.3 is 5.97 Å². The van der Waals surface area contributed by atoms with E-state index in [9.17, 15) is 4.79 Å². The van der Waals surface area contributed by atoms with Crippen LogP contribution in [0, 0.1) is 0 Å². The highest BCUT2D eigenvalue weighted by Gasteiger charge is 2.26. The van der Waals surface area contributed by atoms with Crippen LogP contribution in [-0.2, 0) is 16.1 Å². The number of ether oxygens (including phenoxy) is 4. The lowest BCUT2D eigenvalue weighted by molar-refractivity contribution is -0.143. The minimum absolute atomic E-state index is 0.115. The van der Waals surface area contributed by atoms with E-state index in [-0.39, 0.29) is 5.97 Å². The number of hydrogen-bond donors (Lipinski definition) is 0. The van der Waals surface area contributed by atoms with Gasteiger partial charge < -0.3 is 33.6 Å². The fourth-order valence-corrected chi connectivity index (χ4v) is 6.47.